The standard InChI is InChI=1S/C15H17FN2O/c1-10(12-4-3-7-17-9-12)18-11(2)14-6-5-13(19)8-15(14)16/h3-11,18-19H,1-2H3/t10-,11?/m1/s1. The second-order valence-electron chi connectivity index (χ2n) is 4.60. The monoisotopic (exact) mass is 260 g/mol. The second-order valence-corrected chi connectivity index (χ2v) is 4.60. The molecule has 1 unspecified atom stereocenters. The van der Waals surface area contributed by atoms with Gasteiger partial charge in [-0.15, -0.1) is 0 Å². The first-order valence-corrected chi connectivity index (χ1v) is 6.22. The fraction of sp³-hybridized carbons (Fsp3) is 0.267. The molecule has 100 valence electrons. The largest absolute Gasteiger partial charge is 0.508 e. The number of halogens is 1. The number of nitrogens with one attached hydrogen (secondary N) is 1. The van der Waals surface area contributed by atoms with Crippen molar-refractivity contribution in [2.45, 2.75) is 25.9 Å². The molecule has 0 aliphatic carbocycles. The topological polar surface area (TPSA) is 45.2 Å². The van der Waals surface area contributed by atoms with Gasteiger partial charge in [-0.1, -0.05) is 12.1 Å². The first-order valence-electron chi connectivity index (χ1n) is 6.22. The van der Waals surface area contributed by atoms with Gasteiger partial charge in [-0.2, -0.15) is 0 Å². The first kappa shape index (κ1) is 13.5. The minimum absolute atomic E-state index is 0.0613. The van der Waals surface area contributed by atoms with Gasteiger partial charge in [0.2, 0.25) is 0 Å². The van der Waals surface area contributed by atoms with Gasteiger partial charge in [0.1, 0.15) is 11.6 Å². The number of hydrogen-bond acceptors (Lipinski definition) is 3. The van der Waals surface area contributed by atoms with E-state index in [0.29, 0.717) is 5.56 Å². The van der Waals surface area contributed by atoms with E-state index in [0.717, 1.165) is 11.6 Å². The molecule has 4 heteroatoms. The zero-order valence-corrected chi connectivity index (χ0v) is 11.0. The van der Waals surface area contributed by atoms with Crippen LogP contribution in [0.25, 0.3) is 0 Å². The van der Waals surface area contributed by atoms with E-state index < -0.39 is 5.82 Å². The minimum Gasteiger partial charge on any atom is -0.508 e. The predicted molar refractivity (Wildman–Crippen MR) is 72.3 cm³/mol. The van der Waals surface area contributed by atoms with Crippen LogP contribution in [0.2, 0.25) is 0 Å². The highest BCUT2D eigenvalue weighted by atomic mass is 19.1. The Morgan fingerprint density at radius 2 is 2.00 bits per heavy atom. The van der Waals surface area contributed by atoms with Crippen molar-refractivity contribution >= 4 is 0 Å². The van der Waals surface area contributed by atoms with Crippen molar-refractivity contribution in [3.63, 3.8) is 0 Å². The van der Waals surface area contributed by atoms with Crippen molar-refractivity contribution in [2.75, 3.05) is 0 Å². The van der Waals surface area contributed by atoms with Crippen LogP contribution in [-0.4, -0.2) is 10.1 Å². The summed E-state index contributed by atoms with van der Waals surface area (Å²) in [6.45, 7) is 3.90. The number of aromatic hydroxyl groups is 1. The highest BCUT2D eigenvalue weighted by Gasteiger charge is 2.14. The number of rotatable bonds is 4. The smallest absolute Gasteiger partial charge is 0.131 e. The number of hydrogen-bond donors (Lipinski definition) is 2. The van der Waals surface area contributed by atoms with Gasteiger partial charge in [0, 0.05) is 36.1 Å². The van der Waals surface area contributed by atoms with Gasteiger partial charge in [-0.05, 0) is 31.5 Å². The Morgan fingerprint density at radius 3 is 2.63 bits per heavy atom. The molecule has 0 amide bonds. The lowest BCUT2D eigenvalue weighted by Crippen LogP contribution is -2.23. The van der Waals surface area contributed by atoms with E-state index in [4.69, 9.17) is 0 Å². The van der Waals surface area contributed by atoms with Crippen molar-refractivity contribution in [3.8, 4) is 5.75 Å². The summed E-state index contributed by atoms with van der Waals surface area (Å²) in [5.41, 5.74) is 1.59. The third-order valence-corrected chi connectivity index (χ3v) is 3.13. The molecule has 2 rings (SSSR count). The summed E-state index contributed by atoms with van der Waals surface area (Å²) in [5, 5.41) is 12.5. The SMILES string of the molecule is CC(N[C@H](C)c1cccnc1)c1ccc(O)cc1F. The molecular formula is C15H17FN2O. The lowest BCUT2D eigenvalue weighted by molar-refractivity contribution is 0.454. The van der Waals surface area contributed by atoms with Gasteiger partial charge in [0.25, 0.3) is 0 Å². The number of nitrogens with zero attached hydrogens (tertiary/aromatic N) is 1. The van der Waals surface area contributed by atoms with Crippen LogP contribution in [0.1, 0.15) is 37.1 Å². The normalized spacial score (nSPS) is 14.1. The summed E-state index contributed by atoms with van der Waals surface area (Å²) in [6, 6.07) is 7.98. The maximum Gasteiger partial charge on any atom is 0.131 e. The van der Waals surface area contributed by atoms with Crippen molar-refractivity contribution in [1.29, 1.82) is 0 Å². The van der Waals surface area contributed by atoms with E-state index in [9.17, 15) is 9.50 Å². The number of phenols is 1. The predicted octanol–water partition coefficient (Wildman–Crippen LogP) is 3.34. The van der Waals surface area contributed by atoms with Crippen LogP contribution >= 0.6 is 0 Å². The van der Waals surface area contributed by atoms with Crippen LogP contribution in [-0.2, 0) is 0 Å². The molecule has 1 aromatic heterocycles. The molecular weight excluding hydrogens is 243 g/mol. The van der Waals surface area contributed by atoms with Gasteiger partial charge in [-0.25, -0.2) is 4.39 Å². The summed E-state index contributed by atoms with van der Waals surface area (Å²) in [6.07, 6.45) is 3.51. The Balaban J connectivity index is 2.10. The quantitative estimate of drug-likeness (QED) is 0.886. The molecule has 19 heavy (non-hydrogen) atoms. The molecule has 1 heterocycles. The van der Waals surface area contributed by atoms with Gasteiger partial charge < -0.3 is 10.4 Å². The van der Waals surface area contributed by atoms with Crippen molar-refractivity contribution in [3.05, 3.63) is 59.7 Å². The molecule has 1 aromatic carbocycles. The molecule has 0 spiro atoms. The van der Waals surface area contributed by atoms with Crippen molar-refractivity contribution < 1.29 is 9.50 Å². The molecule has 0 fully saturated rings. The molecule has 0 saturated carbocycles. The summed E-state index contributed by atoms with van der Waals surface area (Å²) in [4.78, 5) is 4.07. The summed E-state index contributed by atoms with van der Waals surface area (Å²) >= 11 is 0. The van der Waals surface area contributed by atoms with E-state index >= 15 is 0 Å². The number of pyridine rings is 1. The Bertz CT molecular complexity index is 545. The summed E-state index contributed by atoms with van der Waals surface area (Å²) in [5.74, 6) is -0.466. The maximum absolute atomic E-state index is 13.7. The number of aromatic nitrogens is 1. The van der Waals surface area contributed by atoms with Crippen molar-refractivity contribution in [1.82, 2.24) is 10.3 Å². The van der Waals surface area contributed by atoms with E-state index in [1.165, 1.54) is 6.07 Å². The number of benzene rings is 1. The molecule has 2 atom stereocenters. The van der Waals surface area contributed by atoms with E-state index in [1.54, 1.807) is 18.5 Å². The third kappa shape index (κ3) is 3.29. The Labute approximate surface area is 112 Å². The highest BCUT2D eigenvalue weighted by molar-refractivity contribution is 5.29. The molecule has 0 bridgehead atoms. The first-order chi connectivity index (χ1) is 9.08. The maximum atomic E-state index is 13.7. The number of phenolic OH excluding ortho intramolecular Hbond substituents is 1. The minimum atomic E-state index is -0.404. The van der Waals surface area contributed by atoms with Crippen LogP contribution in [0.5, 0.6) is 5.75 Å². The third-order valence-electron chi connectivity index (χ3n) is 3.13. The fourth-order valence-corrected chi connectivity index (χ4v) is 2.06. The van der Waals surface area contributed by atoms with Gasteiger partial charge in [-0.3, -0.25) is 4.98 Å². The average Bonchev–Trinajstić information content (AvgIpc) is 2.39. The Kier molecular flexibility index (Phi) is 4.12. The Morgan fingerprint density at radius 1 is 1.21 bits per heavy atom. The van der Waals surface area contributed by atoms with Crippen molar-refractivity contribution in [2.24, 2.45) is 0 Å². The van der Waals surface area contributed by atoms with Gasteiger partial charge in [0.05, 0.1) is 0 Å². The average molecular weight is 260 g/mol. The van der Waals surface area contributed by atoms with Crippen LogP contribution in [0, 0.1) is 5.82 Å². The lowest BCUT2D eigenvalue weighted by atomic mass is 10.0. The lowest BCUT2D eigenvalue weighted by Gasteiger charge is -2.21. The van der Waals surface area contributed by atoms with Gasteiger partial charge in [0.15, 0.2) is 0 Å². The van der Waals surface area contributed by atoms with Crippen LogP contribution in [0.3, 0.4) is 0 Å². The summed E-state index contributed by atoms with van der Waals surface area (Å²) in [7, 11) is 0. The zero-order chi connectivity index (χ0) is 13.8. The molecule has 0 aliphatic rings. The molecule has 0 radical (unpaired) electrons. The van der Waals surface area contributed by atoms with Crippen LogP contribution in [0.4, 0.5) is 4.39 Å². The van der Waals surface area contributed by atoms with Crippen LogP contribution in [0.15, 0.2) is 42.7 Å². The fourth-order valence-electron chi connectivity index (χ4n) is 2.06. The van der Waals surface area contributed by atoms with E-state index in [1.807, 2.05) is 26.0 Å². The van der Waals surface area contributed by atoms with E-state index in [2.05, 4.69) is 10.3 Å². The molecule has 0 aliphatic heterocycles. The second kappa shape index (κ2) is 5.80. The molecule has 3 nitrogen and oxygen atoms in total. The Hall–Kier alpha value is -1.94. The zero-order valence-electron chi connectivity index (χ0n) is 11.0. The summed E-state index contributed by atoms with van der Waals surface area (Å²) < 4.78 is 13.7. The molecule has 2 aromatic rings. The van der Waals surface area contributed by atoms with Crippen LogP contribution < -0.4 is 5.32 Å². The highest BCUT2D eigenvalue weighted by Crippen LogP contribution is 2.23. The molecule has 0 saturated heterocycles. The molecule has 2 N–H and O–H groups in total. The van der Waals surface area contributed by atoms with Gasteiger partial charge >= 0.3 is 0 Å². The van der Waals surface area contributed by atoms with E-state index in [-0.39, 0.29) is 17.8 Å².